The minimum absolute atomic E-state index is 0.131. The summed E-state index contributed by atoms with van der Waals surface area (Å²) in [6.07, 6.45) is 0.278. The van der Waals surface area contributed by atoms with Gasteiger partial charge in [-0.05, 0) is 35.4 Å². The van der Waals surface area contributed by atoms with Gasteiger partial charge in [0.2, 0.25) is 11.7 Å². The van der Waals surface area contributed by atoms with Gasteiger partial charge >= 0.3 is 0 Å². The first kappa shape index (κ1) is 18.0. The van der Waals surface area contributed by atoms with E-state index in [4.69, 9.17) is 20.9 Å². The molecule has 29 heavy (non-hydrogen) atoms. The summed E-state index contributed by atoms with van der Waals surface area (Å²) in [6.45, 7) is 0.863. The standard InChI is InChI=1S/C20H15ClFN5O2/c21-14-5-3-13(4-6-14)17-10-27-16(11-28-17)19(24-26-27)20-23-18(29-25-20)9-12-1-7-15(22)8-2-12/h1-8,17H,9-11H2/t17-/m0/s1. The molecule has 0 saturated carbocycles. The molecular weight excluding hydrogens is 397 g/mol. The molecule has 0 spiro atoms. The van der Waals surface area contributed by atoms with E-state index in [-0.39, 0.29) is 11.9 Å². The Labute approximate surface area is 170 Å². The summed E-state index contributed by atoms with van der Waals surface area (Å²) in [5, 5.41) is 13.1. The van der Waals surface area contributed by atoms with Crippen molar-refractivity contribution in [3.8, 4) is 11.5 Å². The van der Waals surface area contributed by atoms with Crippen molar-refractivity contribution in [2.45, 2.75) is 25.7 Å². The minimum atomic E-state index is -0.285. The highest BCUT2D eigenvalue weighted by molar-refractivity contribution is 6.30. The lowest BCUT2D eigenvalue weighted by atomic mass is 10.1. The second kappa shape index (κ2) is 7.38. The fourth-order valence-corrected chi connectivity index (χ4v) is 3.39. The zero-order chi connectivity index (χ0) is 19.8. The Morgan fingerprint density at radius 2 is 1.90 bits per heavy atom. The van der Waals surface area contributed by atoms with Gasteiger partial charge in [0, 0.05) is 5.02 Å². The number of hydrogen-bond donors (Lipinski definition) is 0. The van der Waals surface area contributed by atoms with Crippen molar-refractivity contribution in [1.82, 2.24) is 25.1 Å². The Morgan fingerprint density at radius 3 is 2.69 bits per heavy atom. The van der Waals surface area contributed by atoms with E-state index in [0.29, 0.717) is 42.0 Å². The number of benzene rings is 2. The van der Waals surface area contributed by atoms with E-state index in [9.17, 15) is 4.39 Å². The van der Waals surface area contributed by atoms with Crippen molar-refractivity contribution in [3.63, 3.8) is 0 Å². The third-order valence-electron chi connectivity index (χ3n) is 4.79. The highest BCUT2D eigenvalue weighted by Gasteiger charge is 2.27. The number of ether oxygens (including phenoxy) is 1. The number of halogens is 2. The van der Waals surface area contributed by atoms with Crippen LogP contribution in [0.15, 0.2) is 53.1 Å². The maximum atomic E-state index is 13.0. The van der Waals surface area contributed by atoms with Crippen LogP contribution >= 0.6 is 11.6 Å². The summed E-state index contributed by atoms with van der Waals surface area (Å²) in [5.41, 5.74) is 3.23. The van der Waals surface area contributed by atoms with Gasteiger partial charge in [-0.3, -0.25) is 0 Å². The van der Waals surface area contributed by atoms with E-state index in [1.54, 1.807) is 16.8 Å². The fourth-order valence-electron chi connectivity index (χ4n) is 3.26. The first-order valence-electron chi connectivity index (χ1n) is 9.02. The quantitative estimate of drug-likeness (QED) is 0.505. The van der Waals surface area contributed by atoms with Crippen LogP contribution in [0.1, 0.15) is 28.8 Å². The fraction of sp³-hybridized carbons (Fsp3) is 0.200. The molecule has 0 aliphatic carbocycles. The van der Waals surface area contributed by atoms with Gasteiger partial charge in [-0.2, -0.15) is 4.98 Å². The monoisotopic (exact) mass is 411 g/mol. The van der Waals surface area contributed by atoms with Crippen molar-refractivity contribution in [3.05, 3.63) is 82.1 Å². The first-order valence-corrected chi connectivity index (χ1v) is 9.40. The van der Waals surface area contributed by atoms with Crippen molar-refractivity contribution >= 4 is 11.6 Å². The topological polar surface area (TPSA) is 78.9 Å². The summed E-state index contributed by atoms with van der Waals surface area (Å²) in [6, 6.07) is 13.7. The van der Waals surface area contributed by atoms with Crippen LogP contribution in [0.2, 0.25) is 5.02 Å². The Balaban J connectivity index is 1.34. The zero-order valence-electron chi connectivity index (χ0n) is 15.1. The van der Waals surface area contributed by atoms with Gasteiger partial charge in [0.05, 0.1) is 25.3 Å². The van der Waals surface area contributed by atoms with Crippen LogP contribution in [0.3, 0.4) is 0 Å². The molecule has 9 heteroatoms. The van der Waals surface area contributed by atoms with E-state index < -0.39 is 0 Å². The Morgan fingerprint density at radius 1 is 1.10 bits per heavy atom. The third kappa shape index (κ3) is 3.64. The van der Waals surface area contributed by atoms with Gasteiger partial charge in [-0.25, -0.2) is 9.07 Å². The van der Waals surface area contributed by atoms with Crippen molar-refractivity contribution < 1.29 is 13.7 Å². The minimum Gasteiger partial charge on any atom is -0.365 e. The molecule has 5 rings (SSSR count). The Kier molecular flexibility index (Phi) is 4.57. The maximum Gasteiger partial charge on any atom is 0.231 e. The van der Waals surface area contributed by atoms with Crippen LogP contribution in [0.25, 0.3) is 11.5 Å². The van der Waals surface area contributed by atoms with E-state index in [0.717, 1.165) is 16.8 Å². The summed E-state index contributed by atoms with van der Waals surface area (Å²) >= 11 is 5.95. The molecule has 3 heterocycles. The Hall–Kier alpha value is -3.10. The molecule has 0 radical (unpaired) electrons. The van der Waals surface area contributed by atoms with Crippen LogP contribution in [0.4, 0.5) is 4.39 Å². The lowest BCUT2D eigenvalue weighted by Crippen LogP contribution is -2.22. The van der Waals surface area contributed by atoms with Gasteiger partial charge < -0.3 is 9.26 Å². The molecule has 0 N–H and O–H groups in total. The smallest absolute Gasteiger partial charge is 0.231 e. The average molecular weight is 412 g/mol. The van der Waals surface area contributed by atoms with Crippen molar-refractivity contribution in [2.24, 2.45) is 0 Å². The molecule has 1 aliphatic heterocycles. The predicted octanol–water partition coefficient (Wildman–Crippen LogP) is 3.98. The van der Waals surface area contributed by atoms with Gasteiger partial charge in [0.1, 0.15) is 11.9 Å². The summed E-state index contributed by atoms with van der Waals surface area (Å²) in [4.78, 5) is 4.41. The molecule has 0 bridgehead atoms. The zero-order valence-corrected chi connectivity index (χ0v) is 15.9. The number of aromatic nitrogens is 5. The largest absolute Gasteiger partial charge is 0.365 e. The van der Waals surface area contributed by atoms with E-state index in [1.165, 1.54) is 12.1 Å². The molecule has 2 aromatic heterocycles. The lowest BCUT2D eigenvalue weighted by Gasteiger charge is -2.24. The molecule has 0 amide bonds. The molecule has 0 fully saturated rings. The predicted molar refractivity (Wildman–Crippen MR) is 102 cm³/mol. The number of rotatable bonds is 4. The second-order valence-corrected chi connectivity index (χ2v) is 7.17. The van der Waals surface area contributed by atoms with Crippen LogP contribution in [-0.2, 0) is 24.3 Å². The van der Waals surface area contributed by atoms with Gasteiger partial charge in [0.15, 0.2) is 5.69 Å². The van der Waals surface area contributed by atoms with Gasteiger partial charge in [0.25, 0.3) is 0 Å². The summed E-state index contributed by atoms with van der Waals surface area (Å²) < 4.78 is 26.2. The molecule has 7 nitrogen and oxygen atoms in total. The summed E-state index contributed by atoms with van der Waals surface area (Å²) in [7, 11) is 0. The molecule has 146 valence electrons. The molecule has 0 unspecified atom stereocenters. The summed E-state index contributed by atoms with van der Waals surface area (Å²) in [5.74, 6) is 0.494. The average Bonchev–Trinajstić information content (AvgIpc) is 3.36. The number of hydrogen-bond acceptors (Lipinski definition) is 6. The van der Waals surface area contributed by atoms with Crippen molar-refractivity contribution in [2.75, 3.05) is 0 Å². The van der Waals surface area contributed by atoms with Crippen LogP contribution < -0.4 is 0 Å². The SMILES string of the molecule is Fc1ccc(Cc2nc(-c3nnn4c3CO[C@H](c3ccc(Cl)cc3)C4)no2)cc1. The van der Waals surface area contributed by atoms with Crippen LogP contribution in [0.5, 0.6) is 0 Å². The second-order valence-electron chi connectivity index (χ2n) is 6.73. The van der Waals surface area contributed by atoms with E-state index in [1.807, 2.05) is 24.3 Å². The normalized spacial score (nSPS) is 16.0. The molecule has 2 aromatic carbocycles. The first-order chi connectivity index (χ1) is 14.2. The van der Waals surface area contributed by atoms with E-state index in [2.05, 4.69) is 20.5 Å². The third-order valence-corrected chi connectivity index (χ3v) is 5.04. The molecule has 4 aromatic rings. The Bertz CT molecular complexity index is 1140. The lowest BCUT2D eigenvalue weighted by molar-refractivity contribution is -0.00111. The number of fused-ring (bicyclic) bond motifs is 1. The maximum absolute atomic E-state index is 13.0. The molecular formula is C20H15ClFN5O2. The van der Waals surface area contributed by atoms with E-state index >= 15 is 0 Å². The molecule has 1 aliphatic rings. The highest BCUT2D eigenvalue weighted by atomic mass is 35.5. The van der Waals surface area contributed by atoms with Crippen LogP contribution in [-0.4, -0.2) is 25.1 Å². The van der Waals surface area contributed by atoms with Crippen LogP contribution in [0, 0.1) is 5.82 Å². The molecule has 1 atom stereocenters. The van der Waals surface area contributed by atoms with Crippen molar-refractivity contribution in [1.29, 1.82) is 0 Å². The molecule has 0 saturated heterocycles. The van der Waals surface area contributed by atoms with Gasteiger partial charge in [-0.1, -0.05) is 46.2 Å². The highest BCUT2D eigenvalue weighted by Crippen LogP contribution is 2.30. The van der Waals surface area contributed by atoms with Gasteiger partial charge in [-0.15, -0.1) is 5.10 Å². The number of nitrogens with zero attached hydrogens (tertiary/aromatic N) is 5.